The maximum Gasteiger partial charge on any atom is 0.260 e. The molecule has 1 aliphatic heterocycles. The Morgan fingerprint density at radius 3 is 2.22 bits per heavy atom. The number of anilines is 1. The van der Waals surface area contributed by atoms with Gasteiger partial charge in [0.1, 0.15) is 5.75 Å². The second-order valence-electron chi connectivity index (χ2n) is 8.99. The average molecular weight is 440 g/mol. The number of benzene rings is 2. The maximum absolute atomic E-state index is 12.8. The Balaban J connectivity index is 1.51. The van der Waals surface area contributed by atoms with E-state index in [-0.39, 0.29) is 18.6 Å². The number of hydrogen-bond acceptors (Lipinski definition) is 5. The molecule has 1 saturated heterocycles. The Bertz CT molecular complexity index is 908. The Morgan fingerprint density at radius 1 is 1.09 bits per heavy atom. The lowest BCUT2D eigenvalue weighted by Gasteiger charge is -2.37. The van der Waals surface area contributed by atoms with E-state index in [1.807, 2.05) is 70.0 Å². The van der Waals surface area contributed by atoms with Crippen molar-refractivity contribution in [3.05, 3.63) is 58.1 Å². The predicted molar refractivity (Wildman–Crippen MR) is 129 cm³/mol. The average Bonchev–Trinajstić information content (AvgIpc) is 2.81. The molecule has 0 saturated carbocycles. The highest BCUT2D eigenvalue weighted by Crippen LogP contribution is 2.34. The van der Waals surface area contributed by atoms with Crippen LogP contribution in [0.2, 0.25) is 0 Å². The number of aliphatic hydroxyl groups is 1. The van der Waals surface area contributed by atoms with Crippen LogP contribution in [0.25, 0.3) is 0 Å². The fourth-order valence-corrected chi connectivity index (χ4v) is 4.48. The molecule has 1 unspecified atom stereocenters. The van der Waals surface area contributed by atoms with Gasteiger partial charge >= 0.3 is 0 Å². The zero-order valence-electron chi connectivity index (χ0n) is 20.0. The number of carbonyl (C=O) groups excluding carboxylic acids is 1. The molecular formula is C26H37N3O3. The third-order valence-corrected chi connectivity index (χ3v) is 7.07. The largest absolute Gasteiger partial charge is 0.483 e. The van der Waals surface area contributed by atoms with Crippen LogP contribution in [0.3, 0.4) is 0 Å². The number of likely N-dealkylation sites (N-methyl/N-ethyl adjacent to an activating group) is 1. The van der Waals surface area contributed by atoms with Gasteiger partial charge in [0.25, 0.3) is 5.91 Å². The lowest BCUT2D eigenvalue weighted by molar-refractivity contribution is -0.135. The van der Waals surface area contributed by atoms with Gasteiger partial charge in [-0.25, -0.2) is 0 Å². The van der Waals surface area contributed by atoms with Gasteiger partial charge in [0.15, 0.2) is 6.61 Å². The molecule has 0 aliphatic carbocycles. The van der Waals surface area contributed by atoms with Gasteiger partial charge in [-0.15, -0.1) is 0 Å². The standard InChI is InChI=1S/C26H37N3O3/c1-17-19(3)26(20(4)18(2)25(17)27)32-16-24(31)28(5)22-11-13-29(14-12-22)15-23(30)21-9-7-6-8-10-21/h6-10,22-23,30H,11-16,27H2,1-5H3. The number of nitrogens with two attached hydrogens (primary N) is 1. The summed E-state index contributed by atoms with van der Waals surface area (Å²) in [6, 6.07) is 9.95. The first-order valence-corrected chi connectivity index (χ1v) is 11.4. The molecule has 1 heterocycles. The first-order chi connectivity index (χ1) is 15.2. The van der Waals surface area contributed by atoms with Gasteiger partial charge in [-0.2, -0.15) is 0 Å². The number of rotatable bonds is 7. The van der Waals surface area contributed by atoms with Gasteiger partial charge < -0.3 is 25.4 Å². The first kappa shape index (κ1) is 24.1. The van der Waals surface area contributed by atoms with Crippen molar-refractivity contribution in [1.29, 1.82) is 0 Å². The minimum absolute atomic E-state index is 0.0151. The number of nitrogen functional groups attached to an aromatic ring is 1. The Labute approximate surface area is 192 Å². The van der Waals surface area contributed by atoms with E-state index in [0.29, 0.717) is 6.54 Å². The van der Waals surface area contributed by atoms with E-state index in [1.165, 1.54) is 0 Å². The Morgan fingerprint density at radius 2 is 1.66 bits per heavy atom. The topological polar surface area (TPSA) is 79.0 Å². The summed E-state index contributed by atoms with van der Waals surface area (Å²) in [6.45, 7) is 10.3. The van der Waals surface area contributed by atoms with Crippen LogP contribution >= 0.6 is 0 Å². The van der Waals surface area contributed by atoms with Crippen molar-refractivity contribution in [2.45, 2.75) is 52.7 Å². The van der Waals surface area contributed by atoms with Crippen LogP contribution in [0.15, 0.2) is 30.3 Å². The monoisotopic (exact) mass is 439 g/mol. The van der Waals surface area contributed by atoms with Crippen molar-refractivity contribution in [2.24, 2.45) is 0 Å². The molecule has 0 aromatic heterocycles. The quantitative estimate of drug-likeness (QED) is 0.645. The number of amides is 1. The Kier molecular flexibility index (Phi) is 7.80. The number of aliphatic hydroxyl groups excluding tert-OH is 1. The van der Waals surface area contributed by atoms with E-state index < -0.39 is 6.10 Å². The molecule has 3 N–H and O–H groups in total. The van der Waals surface area contributed by atoms with E-state index in [0.717, 1.165) is 65.2 Å². The van der Waals surface area contributed by atoms with E-state index in [2.05, 4.69) is 4.90 Å². The lowest BCUT2D eigenvalue weighted by atomic mass is 9.97. The number of piperidine rings is 1. The van der Waals surface area contributed by atoms with Crippen molar-refractivity contribution in [2.75, 3.05) is 39.0 Å². The third kappa shape index (κ3) is 5.25. The molecule has 1 fully saturated rings. The molecule has 174 valence electrons. The summed E-state index contributed by atoms with van der Waals surface area (Å²) in [7, 11) is 1.87. The number of nitrogens with zero attached hydrogens (tertiary/aromatic N) is 2. The summed E-state index contributed by atoms with van der Waals surface area (Å²) in [5.74, 6) is 0.749. The van der Waals surface area contributed by atoms with Gasteiger partial charge in [0.05, 0.1) is 6.10 Å². The van der Waals surface area contributed by atoms with Gasteiger partial charge in [0.2, 0.25) is 0 Å². The van der Waals surface area contributed by atoms with Crippen LogP contribution in [0.4, 0.5) is 5.69 Å². The normalized spacial score (nSPS) is 16.1. The fraction of sp³-hybridized carbons (Fsp3) is 0.500. The van der Waals surface area contributed by atoms with E-state index in [9.17, 15) is 9.90 Å². The van der Waals surface area contributed by atoms with Crippen molar-refractivity contribution < 1.29 is 14.6 Å². The minimum Gasteiger partial charge on any atom is -0.483 e. The zero-order valence-corrected chi connectivity index (χ0v) is 20.0. The zero-order chi connectivity index (χ0) is 23.4. The molecule has 2 aromatic carbocycles. The molecule has 0 bridgehead atoms. The lowest BCUT2D eigenvalue weighted by Crippen LogP contribution is -2.47. The van der Waals surface area contributed by atoms with Gasteiger partial charge in [0, 0.05) is 38.4 Å². The maximum atomic E-state index is 12.8. The predicted octanol–water partition coefficient (Wildman–Crippen LogP) is 3.54. The molecular weight excluding hydrogens is 402 g/mol. The highest BCUT2D eigenvalue weighted by atomic mass is 16.5. The summed E-state index contributed by atoms with van der Waals surface area (Å²) in [5.41, 5.74) is 11.9. The van der Waals surface area contributed by atoms with E-state index in [4.69, 9.17) is 10.5 Å². The molecule has 0 radical (unpaired) electrons. The number of carbonyl (C=O) groups is 1. The third-order valence-electron chi connectivity index (χ3n) is 7.07. The van der Waals surface area contributed by atoms with Crippen LogP contribution in [0.5, 0.6) is 5.75 Å². The SMILES string of the molecule is Cc1c(C)c(OCC(=O)N(C)C2CCN(CC(O)c3ccccc3)CC2)c(C)c(C)c1N. The number of likely N-dealkylation sites (tertiary alicyclic amines) is 1. The van der Waals surface area contributed by atoms with Crippen LogP contribution < -0.4 is 10.5 Å². The summed E-state index contributed by atoms with van der Waals surface area (Å²) >= 11 is 0. The molecule has 3 rings (SSSR count). The van der Waals surface area contributed by atoms with Crippen molar-refractivity contribution in [3.8, 4) is 5.75 Å². The van der Waals surface area contributed by atoms with E-state index >= 15 is 0 Å². The summed E-state index contributed by atoms with van der Waals surface area (Å²) < 4.78 is 5.99. The smallest absolute Gasteiger partial charge is 0.260 e. The van der Waals surface area contributed by atoms with Crippen LogP contribution in [0, 0.1) is 27.7 Å². The van der Waals surface area contributed by atoms with E-state index in [1.54, 1.807) is 0 Å². The summed E-state index contributed by atoms with van der Waals surface area (Å²) in [5, 5.41) is 10.5. The fourth-order valence-electron chi connectivity index (χ4n) is 4.48. The molecule has 0 spiro atoms. The highest BCUT2D eigenvalue weighted by Gasteiger charge is 2.27. The second-order valence-corrected chi connectivity index (χ2v) is 8.99. The number of hydrogen-bond donors (Lipinski definition) is 2. The van der Waals surface area contributed by atoms with Crippen LogP contribution in [0.1, 0.15) is 46.8 Å². The van der Waals surface area contributed by atoms with Gasteiger partial charge in [-0.3, -0.25) is 4.79 Å². The molecule has 32 heavy (non-hydrogen) atoms. The summed E-state index contributed by atoms with van der Waals surface area (Å²) in [4.78, 5) is 16.9. The molecule has 1 aliphatic rings. The molecule has 1 amide bonds. The highest BCUT2D eigenvalue weighted by molar-refractivity contribution is 5.78. The minimum atomic E-state index is -0.487. The molecule has 2 aromatic rings. The van der Waals surface area contributed by atoms with Gasteiger partial charge in [-0.05, 0) is 68.4 Å². The molecule has 1 atom stereocenters. The van der Waals surface area contributed by atoms with Crippen molar-refractivity contribution in [3.63, 3.8) is 0 Å². The van der Waals surface area contributed by atoms with Crippen LogP contribution in [-0.2, 0) is 4.79 Å². The number of ether oxygens (including phenoxy) is 1. The molecule has 6 nitrogen and oxygen atoms in total. The first-order valence-electron chi connectivity index (χ1n) is 11.4. The number of β-amino-alcohol motifs (C(OH)–C–C–N with tert-alkyl or cyclic N) is 1. The molecule has 6 heteroatoms. The Hall–Kier alpha value is -2.57. The summed E-state index contributed by atoms with van der Waals surface area (Å²) in [6.07, 6.45) is 1.29. The van der Waals surface area contributed by atoms with Gasteiger partial charge in [-0.1, -0.05) is 30.3 Å². The second kappa shape index (κ2) is 10.4. The van der Waals surface area contributed by atoms with Crippen molar-refractivity contribution in [1.82, 2.24) is 9.80 Å². The van der Waals surface area contributed by atoms with Crippen molar-refractivity contribution >= 4 is 11.6 Å². The van der Waals surface area contributed by atoms with Crippen LogP contribution in [-0.4, -0.2) is 60.1 Å².